The average molecular weight is 538 g/mol. The standard InChI is InChI=1S/C30H30F3N3O3/c1-19(36-13-11-30(12-14-36)26-17-24(33)9-10-27(26)35-29(38)39-30)15-25(21-5-7-22(31)8-6-21)28(37)34-18-20-3-2-4-23(32)16-20/h2-10,16-17,19,25H,11-15,18H2,1H3,(H,34,37)(H,35,38). The number of nitrogens with zero attached hydrogens (tertiary/aromatic N) is 1. The lowest BCUT2D eigenvalue weighted by molar-refractivity contribution is -0.123. The minimum absolute atomic E-state index is 0.0401. The van der Waals surface area contributed by atoms with Gasteiger partial charge in [-0.15, -0.1) is 0 Å². The van der Waals surface area contributed by atoms with Gasteiger partial charge in [0.15, 0.2) is 0 Å². The third-order valence-corrected chi connectivity index (χ3v) is 7.75. The van der Waals surface area contributed by atoms with Crippen LogP contribution in [0.1, 0.15) is 48.8 Å². The Labute approximate surface area is 225 Å². The van der Waals surface area contributed by atoms with Crippen molar-refractivity contribution in [2.24, 2.45) is 0 Å². The fourth-order valence-corrected chi connectivity index (χ4v) is 5.61. The Kier molecular flexibility index (Phi) is 7.61. The minimum Gasteiger partial charge on any atom is -0.438 e. The van der Waals surface area contributed by atoms with Gasteiger partial charge in [0.05, 0.1) is 11.6 Å². The predicted molar refractivity (Wildman–Crippen MR) is 140 cm³/mol. The molecule has 1 fully saturated rings. The van der Waals surface area contributed by atoms with Crippen molar-refractivity contribution in [3.05, 3.63) is 101 Å². The van der Waals surface area contributed by atoms with E-state index in [1.54, 1.807) is 30.3 Å². The zero-order valence-electron chi connectivity index (χ0n) is 21.6. The molecule has 0 bridgehead atoms. The number of carbonyl (C=O) groups excluding carboxylic acids is 2. The van der Waals surface area contributed by atoms with Crippen LogP contribution in [0.3, 0.4) is 0 Å². The number of hydrogen-bond donors (Lipinski definition) is 2. The number of nitrogens with one attached hydrogen (secondary N) is 2. The maximum absolute atomic E-state index is 14.1. The van der Waals surface area contributed by atoms with Gasteiger partial charge in [0.25, 0.3) is 0 Å². The molecule has 2 amide bonds. The van der Waals surface area contributed by atoms with Crippen LogP contribution in [0.15, 0.2) is 66.7 Å². The zero-order chi connectivity index (χ0) is 27.6. The van der Waals surface area contributed by atoms with Crippen LogP contribution in [0.5, 0.6) is 0 Å². The molecule has 2 atom stereocenters. The SMILES string of the molecule is CC(CC(C(=O)NCc1cccc(F)c1)c1ccc(F)cc1)N1CCC2(CC1)OC(=O)Nc1ccc(F)cc12. The highest BCUT2D eigenvalue weighted by atomic mass is 19.1. The van der Waals surface area contributed by atoms with Crippen LogP contribution in [0.4, 0.5) is 23.7 Å². The zero-order valence-corrected chi connectivity index (χ0v) is 21.6. The van der Waals surface area contributed by atoms with Crippen LogP contribution in [-0.4, -0.2) is 36.0 Å². The van der Waals surface area contributed by atoms with Gasteiger partial charge >= 0.3 is 6.09 Å². The van der Waals surface area contributed by atoms with Gasteiger partial charge in [0.2, 0.25) is 5.91 Å². The van der Waals surface area contributed by atoms with E-state index in [1.807, 2.05) is 6.92 Å². The Morgan fingerprint density at radius 1 is 1.00 bits per heavy atom. The second kappa shape index (κ2) is 11.1. The summed E-state index contributed by atoms with van der Waals surface area (Å²) < 4.78 is 47.0. The molecule has 2 aliphatic rings. The lowest BCUT2D eigenvalue weighted by Crippen LogP contribution is -2.50. The van der Waals surface area contributed by atoms with Gasteiger partial charge in [-0.05, 0) is 66.9 Å². The fourth-order valence-electron chi connectivity index (χ4n) is 5.61. The van der Waals surface area contributed by atoms with Crippen LogP contribution in [-0.2, 0) is 21.7 Å². The molecular formula is C30H30F3N3O3. The van der Waals surface area contributed by atoms with Crippen molar-refractivity contribution in [3.8, 4) is 0 Å². The Balaban J connectivity index is 1.29. The number of ether oxygens (including phenoxy) is 1. The van der Waals surface area contributed by atoms with E-state index in [0.29, 0.717) is 54.7 Å². The van der Waals surface area contributed by atoms with Crippen molar-refractivity contribution < 1.29 is 27.5 Å². The first-order valence-corrected chi connectivity index (χ1v) is 13.0. The summed E-state index contributed by atoms with van der Waals surface area (Å²) in [6, 6.07) is 16.2. The predicted octanol–water partition coefficient (Wildman–Crippen LogP) is 5.84. The largest absolute Gasteiger partial charge is 0.438 e. The molecule has 1 saturated heterocycles. The Morgan fingerprint density at radius 3 is 2.41 bits per heavy atom. The minimum atomic E-state index is -0.908. The van der Waals surface area contributed by atoms with E-state index in [0.717, 1.165) is 0 Å². The highest BCUT2D eigenvalue weighted by molar-refractivity contribution is 5.89. The molecule has 2 N–H and O–H groups in total. The molecule has 204 valence electrons. The molecule has 2 unspecified atom stereocenters. The second-order valence-corrected chi connectivity index (χ2v) is 10.3. The monoisotopic (exact) mass is 537 g/mol. The summed E-state index contributed by atoms with van der Waals surface area (Å²) in [7, 11) is 0. The van der Waals surface area contributed by atoms with E-state index in [9.17, 15) is 22.8 Å². The summed E-state index contributed by atoms with van der Waals surface area (Å²) >= 11 is 0. The highest BCUT2D eigenvalue weighted by Gasteiger charge is 2.45. The van der Waals surface area contributed by atoms with Gasteiger partial charge in [-0.3, -0.25) is 10.1 Å². The van der Waals surface area contributed by atoms with Gasteiger partial charge in [-0.1, -0.05) is 24.3 Å². The van der Waals surface area contributed by atoms with Crippen molar-refractivity contribution in [3.63, 3.8) is 0 Å². The van der Waals surface area contributed by atoms with E-state index in [4.69, 9.17) is 4.74 Å². The second-order valence-electron chi connectivity index (χ2n) is 10.3. The first-order valence-electron chi connectivity index (χ1n) is 13.0. The smallest absolute Gasteiger partial charge is 0.412 e. The summed E-state index contributed by atoms with van der Waals surface area (Å²) in [5, 5.41) is 5.54. The van der Waals surface area contributed by atoms with Crippen LogP contribution < -0.4 is 10.6 Å². The molecule has 9 heteroatoms. The van der Waals surface area contributed by atoms with Crippen molar-refractivity contribution >= 4 is 17.7 Å². The molecule has 0 aliphatic carbocycles. The van der Waals surface area contributed by atoms with Crippen LogP contribution in [0, 0.1) is 17.5 Å². The maximum Gasteiger partial charge on any atom is 0.412 e. The highest BCUT2D eigenvalue weighted by Crippen LogP contribution is 2.44. The van der Waals surface area contributed by atoms with Crippen LogP contribution in [0.2, 0.25) is 0 Å². The van der Waals surface area contributed by atoms with Gasteiger partial charge in [0, 0.05) is 44.1 Å². The topological polar surface area (TPSA) is 70.7 Å². The molecule has 6 nitrogen and oxygen atoms in total. The number of benzene rings is 3. The molecule has 5 rings (SSSR count). The number of hydrogen-bond acceptors (Lipinski definition) is 4. The molecule has 2 aliphatic heterocycles. The van der Waals surface area contributed by atoms with E-state index < -0.39 is 23.4 Å². The Hall–Kier alpha value is -3.85. The molecular weight excluding hydrogens is 507 g/mol. The Bertz CT molecular complexity index is 1360. The van der Waals surface area contributed by atoms with E-state index in [-0.39, 0.29) is 30.1 Å². The molecule has 0 saturated carbocycles. The lowest BCUT2D eigenvalue weighted by Gasteiger charge is -2.46. The number of likely N-dealkylation sites (tertiary alicyclic amines) is 1. The Morgan fingerprint density at radius 2 is 1.69 bits per heavy atom. The number of amides is 2. The molecule has 39 heavy (non-hydrogen) atoms. The van der Waals surface area contributed by atoms with Gasteiger partial charge in [-0.25, -0.2) is 18.0 Å². The molecule has 2 heterocycles. The molecule has 1 spiro atoms. The average Bonchev–Trinajstić information content (AvgIpc) is 2.92. The molecule has 3 aromatic rings. The van der Waals surface area contributed by atoms with Crippen molar-refractivity contribution in [1.29, 1.82) is 0 Å². The lowest BCUT2D eigenvalue weighted by atomic mass is 9.81. The number of piperidine rings is 1. The number of fused-ring (bicyclic) bond motifs is 2. The summed E-state index contributed by atoms with van der Waals surface area (Å²) in [5.41, 5.74) is 1.61. The van der Waals surface area contributed by atoms with Crippen molar-refractivity contribution in [2.45, 2.75) is 50.3 Å². The van der Waals surface area contributed by atoms with E-state index >= 15 is 0 Å². The van der Waals surface area contributed by atoms with Crippen molar-refractivity contribution in [2.75, 3.05) is 18.4 Å². The number of carbonyl (C=O) groups is 2. The maximum atomic E-state index is 14.1. The normalized spacial score (nSPS) is 18.0. The summed E-state index contributed by atoms with van der Waals surface area (Å²) in [5.74, 6) is -1.95. The summed E-state index contributed by atoms with van der Waals surface area (Å²) in [6.07, 6.45) is 0.865. The first-order chi connectivity index (χ1) is 18.7. The number of rotatable bonds is 7. The molecule has 3 aromatic carbocycles. The number of halogens is 3. The quantitative estimate of drug-likeness (QED) is 0.398. The summed E-state index contributed by atoms with van der Waals surface area (Å²) in [4.78, 5) is 27.8. The first kappa shape index (κ1) is 26.7. The fraction of sp³-hybridized carbons (Fsp3) is 0.333. The number of anilines is 1. The van der Waals surface area contributed by atoms with Crippen LogP contribution >= 0.6 is 0 Å². The van der Waals surface area contributed by atoms with E-state index in [2.05, 4.69) is 15.5 Å². The summed E-state index contributed by atoms with van der Waals surface area (Å²) in [6.45, 7) is 3.34. The van der Waals surface area contributed by atoms with Gasteiger partial charge in [-0.2, -0.15) is 0 Å². The van der Waals surface area contributed by atoms with E-state index in [1.165, 1.54) is 36.4 Å². The molecule has 0 aromatic heterocycles. The third kappa shape index (κ3) is 5.93. The van der Waals surface area contributed by atoms with Gasteiger partial charge < -0.3 is 15.0 Å². The van der Waals surface area contributed by atoms with Crippen LogP contribution in [0.25, 0.3) is 0 Å². The molecule has 0 radical (unpaired) electrons. The van der Waals surface area contributed by atoms with Gasteiger partial charge in [0.1, 0.15) is 23.1 Å². The van der Waals surface area contributed by atoms with Crippen molar-refractivity contribution in [1.82, 2.24) is 10.2 Å². The third-order valence-electron chi connectivity index (χ3n) is 7.75.